The van der Waals surface area contributed by atoms with Gasteiger partial charge in [0.05, 0.1) is 6.61 Å². The third-order valence-corrected chi connectivity index (χ3v) is 12.6. The molecule has 0 bridgehead atoms. The van der Waals surface area contributed by atoms with E-state index in [9.17, 15) is 34.5 Å². The Bertz CT molecular complexity index is 1470. The number of aliphatic hydroxyl groups excluding tert-OH is 2. The van der Waals surface area contributed by atoms with E-state index in [1.165, 1.54) is 89.9 Å². The topological polar surface area (TPSA) is 175 Å². The molecule has 1 saturated heterocycles. The van der Waals surface area contributed by atoms with Crippen molar-refractivity contribution in [1.82, 2.24) is 0 Å². The average molecular weight is 1000 g/mol. The summed E-state index contributed by atoms with van der Waals surface area (Å²) in [5.41, 5.74) is 0. The van der Waals surface area contributed by atoms with Gasteiger partial charge in [-0.15, -0.1) is 0 Å². The fraction of sp³-hybridized carbons (Fsp3) is 0.763. The first kappa shape index (κ1) is 65.4. The molecule has 0 aliphatic carbocycles. The van der Waals surface area contributed by atoms with Crippen LogP contribution >= 0.6 is 0 Å². The fourth-order valence-electron chi connectivity index (χ4n) is 8.24. The number of rotatable bonds is 47. The van der Waals surface area contributed by atoms with Gasteiger partial charge in [-0.3, -0.25) is 14.4 Å². The molecular weight excluding hydrogens is 901 g/mol. The molecule has 408 valence electrons. The van der Waals surface area contributed by atoms with Gasteiger partial charge in [-0.2, -0.15) is 0 Å². The number of carboxylic acid groups (broad SMARTS) is 1. The number of esters is 3. The molecule has 0 aromatic rings. The first-order valence-corrected chi connectivity index (χ1v) is 28.3. The summed E-state index contributed by atoms with van der Waals surface area (Å²) in [5, 5.41) is 31.4. The zero-order chi connectivity index (χ0) is 51.8. The molecule has 0 spiro atoms. The molecular formula is C59H100O12. The highest BCUT2D eigenvalue weighted by molar-refractivity contribution is 5.74. The first-order chi connectivity index (χ1) is 34.6. The van der Waals surface area contributed by atoms with Crippen LogP contribution in [0, 0.1) is 0 Å². The maximum absolute atomic E-state index is 13.1. The van der Waals surface area contributed by atoms with E-state index >= 15 is 0 Å². The second-order valence-electron chi connectivity index (χ2n) is 19.2. The van der Waals surface area contributed by atoms with Crippen molar-refractivity contribution >= 4 is 23.9 Å². The lowest BCUT2D eigenvalue weighted by Crippen LogP contribution is -2.61. The van der Waals surface area contributed by atoms with Gasteiger partial charge < -0.3 is 39.0 Å². The van der Waals surface area contributed by atoms with Crippen LogP contribution in [0.1, 0.15) is 239 Å². The highest BCUT2D eigenvalue weighted by Crippen LogP contribution is 2.26. The zero-order valence-electron chi connectivity index (χ0n) is 44.7. The van der Waals surface area contributed by atoms with Gasteiger partial charge in [-0.1, -0.05) is 216 Å². The number of aliphatic hydroxyl groups is 2. The van der Waals surface area contributed by atoms with E-state index in [2.05, 4.69) is 69.4 Å². The molecule has 1 fully saturated rings. The Hall–Kier alpha value is -3.58. The van der Waals surface area contributed by atoms with Gasteiger partial charge in [0.1, 0.15) is 18.8 Å². The Balaban J connectivity index is 2.71. The van der Waals surface area contributed by atoms with Crippen molar-refractivity contribution in [3.63, 3.8) is 0 Å². The molecule has 71 heavy (non-hydrogen) atoms. The lowest BCUT2D eigenvalue weighted by Gasteiger charge is -2.40. The van der Waals surface area contributed by atoms with E-state index in [1.54, 1.807) is 0 Å². The van der Waals surface area contributed by atoms with Crippen LogP contribution in [-0.4, -0.2) is 89.2 Å². The van der Waals surface area contributed by atoms with Crippen LogP contribution in [0.5, 0.6) is 0 Å². The first-order valence-electron chi connectivity index (χ1n) is 28.3. The van der Waals surface area contributed by atoms with E-state index in [4.69, 9.17) is 23.7 Å². The quantitative estimate of drug-likeness (QED) is 0.0228. The highest BCUT2D eigenvalue weighted by Gasteiger charge is 2.50. The minimum atomic E-state index is -1.91. The Labute approximate surface area is 430 Å². The molecule has 1 aliphatic rings. The van der Waals surface area contributed by atoms with Crippen LogP contribution in [0.2, 0.25) is 0 Å². The summed E-state index contributed by atoms with van der Waals surface area (Å²) < 4.78 is 28.3. The van der Waals surface area contributed by atoms with Crippen molar-refractivity contribution in [2.75, 3.05) is 13.2 Å². The van der Waals surface area contributed by atoms with Crippen molar-refractivity contribution in [1.29, 1.82) is 0 Å². The zero-order valence-corrected chi connectivity index (χ0v) is 44.7. The molecule has 6 atom stereocenters. The fourth-order valence-corrected chi connectivity index (χ4v) is 8.24. The number of allylic oxidation sites excluding steroid dienone is 10. The molecule has 12 heteroatoms. The second kappa shape index (κ2) is 47.4. The van der Waals surface area contributed by atoms with Crippen molar-refractivity contribution in [3.8, 4) is 0 Å². The van der Waals surface area contributed by atoms with E-state index < -0.39 is 67.3 Å². The molecule has 1 heterocycles. The maximum atomic E-state index is 13.1. The van der Waals surface area contributed by atoms with Gasteiger partial charge in [0.15, 0.2) is 24.6 Å². The van der Waals surface area contributed by atoms with Crippen molar-refractivity contribution in [2.24, 2.45) is 0 Å². The van der Waals surface area contributed by atoms with Crippen LogP contribution < -0.4 is 0 Å². The number of carboxylic acids is 1. The standard InChI is InChI=1S/C59H100O12/c1-4-7-10-13-16-19-22-24-25-26-27-29-32-35-38-41-44-47-53(62)70-57-55(64)54(63)56(58(65)66)71-59(57)68-49-50(69-52(61)46-43-40-37-34-30-21-18-15-12-9-6-3)48-67-51(60)45-42-39-36-33-31-28-23-20-17-14-11-8-5-2/h8,11,15,17-18,20,28,31,36,39,50,54-57,59,63-64H,4-7,9-10,12-14,16,19,21-27,29-30,32-35,37-38,40-49H2,1-3H3,(H,65,66)/b11-8-,18-15-,20-17-,31-28-,39-36-. The number of hydrogen-bond acceptors (Lipinski definition) is 11. The van der Waals surface area contributed by atoms with Crippen LogP contribution in [0.15, 0.2) is 60.8 Å². The third kappa shape index (κ3) is 37.8. The lowest BCUT2D eigenvalue weighted by atomic mass is 9.98. The minimum absolute atomic E-state index is 0.0558. The third-order valence-electron chi connectivity index (χ3n) is 12.6. The number of aliphatic carboxylic acids is 1. The van der Waals surface area contributed by atoms with Gasteiger partial charge >= 0.3 is 23.9 Å². The predicted molar refractivity (Wildman–Crippen MR) is 285 cm³/mol. The smallest absolute Gasteiger partial charge is 0.335 e. The minimum Gasteiger partial charge on any atom is -0.479 e. The number of hydrogen-bond donors (Lipinski definition) is 3. The molecule has 0 aromatic carbocycles. The summed E-state index contributed by atoms with van der Waals surface area (Å²) >= 11 is 0. The summed E-state index contributed by atoms with van der Waals surface area (Å²) in [4.78, 5) is 50.9. The Morgan fingerprint density at radius 1 is 0.479 bits per heavy atom. The molecule has 0 amide bonds. The monoisotopic (exact) mass is 1000 g/mol. The molecule has 12 nitrogen and oxygen atoms in total. The van der Waals surface area contributed by atoms with Crippen LogP contribution in [-0.2, 0) is 42.9 Å². The average Bonchev–Trinajstić information content (AvgIpc) is 3.35. The Morgan fingerprint density at radius 3 is 1.45 bits per heavy atom. The largest absolute Gasteiger partial charge is 0.479 e. The van der Waals surface area contributed by atoms with E-state index in [0.29, 0.717) is 19.3 Å². The SMILES string of the molecule is CC/C=C\C/C=C\C/C=C\C/C=C\CCC(=O)OCC(COC1OC(C(=O)O)C(O)C(O)C1OC(=O)CCCCCCCCCCCCCCCCCCC)OC(=O)CCCCCCC/C=C\CCCC. The van der Waals surface area contributed by atoms with E-state index in [0.717, 1.165) is 89.9 Å². The number of carbonyl (C=O) groups excluding carboxylic acids is 3. The molecule has 3 N–H and O–H groups in total. The normalized spacial score (nSPS) is 18.9. The Morgan fingerprint density at radius 2 is 0.930 bits per heavy atom. The molecule has 0 saturated carbocycles. The van der Waals surface area contributed by atoms with Crippen LogP contribution in [0.25, 0.3) is 0 Å². The highest BCUT2D eigenvalue weighted by atomic mass is 16.7. The van der Waals surface area contributed by atoms with Gasteiger partial charge in [0, 0.05) is 19.3 Å². The lowest BCUT2D eigenvalue weighted by molar-refractivity contribution is -0.301. The van der Waals surface area contributed by atoms with E-state index in [1.807, 2.05) is 12.2 Å². The summed E-state index contributed by atoms with van der Waals surface area (Å²) in [6, 6.07) is 0. The Kier molecular flexibility index (Phi) is 43.7. The summed E-state index contributed by atoms with van der Waals surface area (Å²) in [7, 11) is 0. The van der Waals surface area contributed by atoms with Crippen LogP contribution in [0.4, 0.5) is 0 Å². The number of ether oxygens (including phenoxy) is 5. The van der Waals surface area contributed by atoms with Gasteiger partial charge in [0.25, 0.3) is 0 Å². The van der Waals surface area contributed by atoms with E-state index in [-0.39, 0.29) is 25.9 Å². The van der Waals surface area contributed by atoms with Crippen molar-refractivity contribution < 1.29 is 58.2 Å². The summed E-state index contributed by atoms with van der Waals surface area (Å²) in [5.74, 6) is -3.23. The van der Waals surface area contributed by atoms with Gasteiger partial charge in [-0.05, 0) is 64.2 Å². The van der Waals surface area contributed by atoms with Crippen molar-refractivity contribution in [3.05, 3.63) is 60.8 Å². The van der Waals surface area contributed by atoms with Gasteiger partial charge in [-0.25, -0.2) is 4.79 Å². The number of unbranched alkanes of at least 4 members (excludes halogenated alkanes) is 23. The van der Waals surface area contributed by atoms with Crippen LogP contribution in [0.3, 0.4) is 0 Å². The van der Waals surface area contributed by atoms with Gasteiger partial charge in [0.2, 0.25) is 0 Å². The summed E-state index contributed by atoms with van der Waals surface area (Å²) in [6.07, 6.45) is 45.1. The summed E-state index contributed by atoms with van der Waals surface area (Å²) in [6.45, 7) is 5.76. The maximum Gasteiger partial charge on any atom is 0.335 e. The number of carbonyl (C=O) groups is 4. The molecule has 0 aromatic heterocycles. The molecule has 0 radical (unpaired) electrons. The molecule has 6 unspecified atom stereocenters. The second-order valence-corrected chi connectivity index (χ2v) is 19.2. The molecule has 1 rings (SSSR count). The predicted octanol–water partition coefficient (Wildman–Crippen LogP) is 14.0. The molecule has 1 aliphatic heterocycles. The van der Waals surface area contributed by atoms with Crippen molar-refractivity contribution in [2.45, 2.75) is 276 Å².